The SMILES string of the molecule is NC(=O)c1ccc2c(-c3ccc(N)cc3)c(C(N)=O)ccc2c1. The Morgan fingerprint density at radius 2 is 1.48 bits per heavy atom. The average Bonchev–Trinajstić information content (AvgIpc) is 2.53. The zero-order chi connectivity index (χ0) is 16.6. The second-order valence-corrected chi connectivity index (χ2v) is 5.27. The predicted octanol–water partition coefficient (Wildman–Crippen LogP) is 2.29. The van der Waals surface area contributed by atoms with Crippen molar-refractivity contribution in [3.05, 3.63) is 65.7 Å². The van der Waals surface area contributed by atoms with Gasteiger partial charge in [-0.3, -0.25) is 9.59 Å². The van der Waals surface area contributed by atoms with Crippen LogP contribution in [0.1, 0.15) is 20.7 Å². The van der Waals surface area contributed by atoms with Crippen molar-refractivity contribution in [1.29, 1.82) is 0 Å². The lowest BCUT2D eigenvalue weighted by Crippen LogP contribution is -2.13. The van der Waals surface area contributed by atoms with Gasteiger partial charge in [0.25, 0.3) is 0 Å². The maximum atomic E-state index is 11.8. The van der Waals surface area contributed by atoms with Crippen molar-refractivity contribution >= 4 is 28.3 Å². The minimum absolute atomic E-state index is 0.410. The number of hydrogen-bond donors (Lipinski definition) is 3. The summed E-state index contributed by atoms with van der Waals surface area (Å²) in [6.45, 7) is 0. The molecule has 3 rings (SSSR count). The summed E-state index contributed by atoms with van der Waals surface area (Å²) in [6, 6.07) is 15.7. The lowest BCUT2D eigenvalue weighted by atomic mass is 9.92. The third-order valence-corrected chi connectivity index (χ3v) is 3.77. The van der Waals surface area contributed by atoms with Crippen LogP contribution in [0.2, 0.25) is 0 Å². The van der Waals surface area contributed by atoms with Gasteiger partial charge in [0.05, 0.1) is 0 Å². The van der Waals surface area contributed by atoms with Gasteiger partial charge in [0.2, 0.25) is 11.8 Å². The maximum Gasteiger partial charge on any atom is 0.249 e. The first-order valence-corrected chi connectivity index (χ1v) is 6.99. The fourth-order valence-corrected chi connectivity index (χ4v) is 2.65. The summed E-state index contributed by atoms with van der Waals surface area (Å²) in [7, 11) is 0. The number of amides is 2. The van der Waals surface area contributed by atoms with Crippen molar-refractivity contribution in [2.24, 2.45) is 11.5 Å². The number of benzene rings is 3. The Kier molecular flexibility index (Phi) is 3.46. The Hall–Kier alpha value is -3.34. The lowest BCUT2D eigenvalue weighted by molar-refractivity contribution is 0.0992. The molecule has 6 N–H and O–H groups in total. The number of hydrogen-bond acceptors (Lipinski definition) is 3. The number of carbonyl (C=O) groups is 2. The van der Waals surface area contributed by atoms with Gasteiger partial charge in [0.1, 0.15) is 0 Å². The molecular weight excluding hydrogens is 290 g/mol. The molecule has 0 aliphatic carbocycles. The van der Waals surface area contributed by atoms with E-state index in [2.05, 4.69) is 0 Å². The highest BCUT2D eigenvalue weighted by Gasteiger charge is 2.14. The molecule has 0 unspecified atom stereocenters. The van der Waals surface area contributed by atoms with Crippen molar-refractivity contribution in [3.8, 4) is 11.1 Å². The fraction of sp³-hybridized carbons (Fsp3) is 0. The number of nitrogens with two attached hydrogens (primary N) is 3. The van der Waals surface area contributed by atoms with E-state index in [-0.39, 0.29) is 0 Å². The zero-order valence-corrected chi connectivity index (χ0v) is 12.2. The van der Waals surface area contributed by atoms with E-state index in [1.54, 1.807) is 42.5 Å². The van der Waals surface area contributed by atoms with Crippen LogP contribution in [0.4, 0.5) is 5.69 Å². The van der Waals surface area contributed by atoms with E-state index in [4.69, 9.17) is 17.2 Å². The molecule has 23 heavy (non-hydrogen) atoms. The van der Waals surface area contributed by atoms with Crippen molar-refractivity contribution in [2.45, 2.75) is 0 Å². The van der Waals surface area contributed by atoms with Gasteiger partial charge < -0.3 is 17.2 Å². The molecule has 5 heteroatoms. The van der Waals surface area contributed by atoms with Gasteiger partial charge in [-0.2, -0.15) is 0 Å². The van der Waals surface area contributed by atoms with E-state index in [0.29, 0.717) is 22.4 Å². The van der Waals surface area contributed by atoms with Crippen LogP contribution in [0.3, 0.4) is 0 Å². The van der Waals surface area contributed by atoms with Crippen molar-refractivity contribution in [2.75, 3.05) is 5.73 Å². The molecular formula is C18H15N3O2. The molecule has 0 bridgehead atoms. The number of carbonyl (C=O) groups excluding carboxylic acids is 2. The van der Waals surface area contributed by atoms with Crippen LogP contribution in [0, 0.1) is 0 Å². The molecule has 0 saturated carbocycles. The minimum atomic E-state index is -0.516. The molecule has 0 heterocycles. The first-order valence-electron chi connectivity index (χ1n) is 6.99. The van der Waals surface area contributed by atoms with Gasteiger partial charge in [-0.25, -0.2) is 0 Å². The summed E-state index contributed by atoms with van der Waals surface area (Å²) in [5.74, 6) is -1.02. The van der Waals surface area contributed by atoms with Gasteiger partial charge in [0, 0.05) is 22.4 Å². The largest absolute Gasteiger partial charge is 0.399 e. The molecule has 3 aromatic rings. The molecule has 114 valence electrons. The lowest BCUT2D eigenvalue weighted by Gasteiger charge is -2.12. The van der Waals surface area contributed by atoms with Gasteiger partial charge in [-0.1, -0.05) is 24.3 Å². The fourth-order valence-electron chi connectivity index (χ4n) is 2.65. The van der Waals surface area contributed by atoms with Crippen molar-refractivity contribution in [3.63, 3.8) is 0 Å². The first kappa shape index (κ1) is 14.6. The number of fused-ring (bicyclic) bond motifs is 1. The van der Waals surface area contributed by atoms with E-state index < -0.39 is 11.8 Å². The summed E-state index contributed by atoms with van der Waals surface area (Å²) in [5, 5.41) is 1.62. The number of nitrogen functional groups attached to an aromatic ring is 1. The molecule has 3 aromatic carbocycles. The molecule has 0 saturated heterocycles. The van der Waals surface area contributed by atoms with Crippen LogP contribution in [0.15, 0.2) is 54.6 Å². The van der Waals surface area contributed by atoms with Crippen molar-refractivity contribution in [1.82, 2.24) is 0 Å². The van der Waals surface area contributed by atoms with Gasteiger partial charge in [0.15, 0.2) is 0 Å². The van der Waals surface area contributed by atoms with Crippen LogP contribution in [-0.2, 0) is 0 Å². The highest BCUT2D eigenvalue weighted by molar-refractivity contribution is 6.10. The van der Waals surface area contributed by atoms with Gasteiger partial charge >= 0.3 is 0 Å². The normalized spacial score (nSPS) is 10.6. The average molecular weight is 305 g/mol. The van der Waals surface area contributed by atoms with Crippen LogP contribution in [0.5, 0.6) is 0 Å². The van der Waals surface area contributed by atoms with E-state index in [1.807, 2.05) is 12.1 Å². The molecule has 0 aromatic heterocycles. The summed E-state index contributed by atoms with van der Waals surface area (Å²) in [6.07, 6.45) is 0. The Bertz CT molecular complexity index is 931. The van der Waals surface area contributed by atoms with Crippen LogP contribution in [-0.4, -0.2) is 11.8 Å². The Balaban J connectivity index is 2.35. The topological polar surface area (TPSA) is 112 Å². The summed E-state index contributed by atoms with van der Waals surface area (Å²) in [5.41, 5.74) is 19.6. The molecule has 0 aliphatic rings. The summed E-state index contributed by atoms with van der Waals surface area (Å²) in [4.78, 5) is 23.2. The van der Waals surface area contributed by atoms with E-state index in [9.17, 15) is 9.59 Å². The Labute approximate surface area is 132 Å². The van der Waals surface area contributed by atoms with Crippen LogP contribution in [0.25, 0.3) is 21.9 Å². The van der Waals surface area contributed by atoms with Crippen LogP contribution >= 0.6 is 0 Å². The minimum Gasteiger partial charge on any atom is -0.399 e. The van der Waals surface area contributed by atoms with Gasteiger partial charge in [-0.05, 0) is 46.7 Å². The Morgan fingerprint density at radius 1 is 0.783 bits per heavy atom. The van der Waals surface area contributed by atoms with Crippen LogP contribution < -0.4 is 17.2 Å². The zero-order valence-electron chi connectivity index (χ0n) is 12.2. The second-order valence-electron chi connectivity index (χ2n) is 5.27. The van der Waals surface area contributed by atoms with Gasteiger partial charge in [-0.15, -0.1) is 0 Å². The predicted molar refractivity (Wildman–Crippen MR) is 90.8 cm³/mol. The number of rotatable bonds is 3. The standard InChI is InChI=1S/C18H15N3O2/c19-13-5-1-10(2-6-13)16-14-7-4-12(17(20)22)9-11(14)3-8-15(16)18(21)23/h1-9H,19H2,(H2,20,22)(H2,21,23). The smallest absolute Gasteiger partial charge is 0.249 e. The summed E-state index contributed by atoms with van der Waals surface area (Å²) < 4.78 is 0. The van der Waals surface area contributed by atoms with E-state index in [1.165, 1.54) is 0 Å². The first-order chi connectivity index (χ1) is 11.0. The highest BCUT2D eigenvalue weighted by atomic mass is 16.1. The molecule has 0 radical (unpaired) electrons. The number of primary amides is 2. The molecule has 2 amide bonds. The third-order valence-electron chi connectivity index (χ3n) is 3.77. The third kappa shape index (κ3) is 2.60. The Morgan fingerprint density at radius 3 is 2.09 bits per heavy atom. The number of anilines is 1. The molecule has 0 spiro atoms. The molecule has 0 aliphatic heterocycles. The summed E-state index contributed by atoms with van der Waals surface area (Å²) >= 11 is 0. The molecule has 0 atom stereocenters. The second kappa shape index (κ2) is 5.46. The molecule has 5 nitrogen and oxygen atoms in total. The highest BCUT2D eigenvalue weighted by Crippen LogP contribution is 2.33. The monoisotopic (exact) mass is 305 g/mol. The van der Waals surface area contributed by atoms with Crippen molar-refractivity contribution < 1.29 is 9.59 Å². The van der Waals surface area contributed by atoms with E-state index >= 15 is 0 Å². The quantitative estimate of drug-likeness (QED) is 0.645. The maximum absolute atomic E-state index is 11.8. The van der Waals surface area contributed by atoms with E-state index in [0.717, 1.165) is 16.3 Å². The molecule has 0 fully saturated rings.